The monoisotopic (exact) mass is 548 g/mol. The predicted octanol–water partition coefficient (Wildman–Crippen LogP) is 3.13. The van der Waals surface area contributed by atoms with Gasteiger partial charge in [0.25, 0.3) is 0 Å². The molecule has 0 spiro atoms. The van der Waals surface area contributed by atoms with Crippen LogP contribution in [0.5, 0.6) is 5.75 Å². The Morgan fingerprint density at radius 2 is 1.68 bits per heavy atom. The third-order valence-electron chi connectivity index (χ3n) is 8.63. The minimum absolute atomic E-state index is 0.0596. The predicted molar refractivity (Wildman–Crippen MR) is 152 cm³/mol. The van der Waals surface area contributed by atoms with Crippen LogP contribution >= 0.6 is 0 Å². The number of likely N-dealkylation sites (tertiary alicyclic amines) is 1. The summed E-state index contributed by atoms with van der Waals surface area (Å²) >= 11 is 0. The molecule has 8 nitrogen and oxygen atoms in total. The number of ether oxygens (including phenoxy) is 2. The number of benzene rings is 1. The molecule has 4 rings (SSSR count). The maximum atomic E-state index is 13.1. The Bertz CT molecular complexity index is 916. The van der Waals surface area contributed by atoms with Gasteiger partial charge in [-0.15, -0.1) is 0 Å². The summed E-state index contributed by atoms with van der Waals surface area (Å²) in [6.07, 6.45) is 7.40. The van der Waals surface area contributed by atoms with Crippen LogP contribution in [-0.2, 0) is 20.5 Å². The Hall–Kier alpha value is -1.52. The Kier molecular flexibility index (Phi) is 11.0. The molecule has 1 N–H and O–H groups in total. The van der Waals surface area contributed by atoms with E-state index in [9.17, 15) is 9.00 Å². The SMILES string of the molecule is COc1cc(C)c(S(=O)N(C)CCC(=O)NC2CCC(N3CCC(CN4CCOCC4)CC3)CC2)c(C)c1. The van der Waals surface area contributed by atoms with E-state index in [4.69, 9.17) is 9.47 Å². The standard InChI is InChI=1S/C29H48N4O4S/c1-22-19-27(36-4)20-23(2)29(22)38(35)31(3)12-11-28(34)30-25-5-7-26(8-6-25)33-13-9-24(10-14-33)21-32-15-17-37-18-16-32/h19-20,24-26H,5-18,21H2,1-4H3,(H,30,34). The molecule has 2 saturated heterocycles. The zero-order chi connectivity index (χ0) is 27.1. The Morgan fingerprint density at radius 3 is 2.29 bits per heavy atom. The van der Waals surface area contributed by atoms with Crippen molar-refractivity contribution in [2.75, 3.05) is 66.6 Å². The summed E-state index contributed by atoms with van der Waals surface area (Å²) in [6, 6.07) is 4.74. The summed E-state index contributed by atoms with van der Waals surface area (Å²) in [7, 11) is 2.15. The van der Waals surface area contributed by atoms with E-state index in [-0.39, 0.29) is 11.9 Å². The third kappa shape index (κ3) is 8.01. The first-order chi connectivity index (χ1) is 18.3. The normalized spacial score (nSPS) is 24.9. The highest BCUT2D eigenvalue weighted by Gasteiger charge is 2.30. The molecular formula is C29H48N4O4S. The summed E-state index contributed by atoms with van der Waals surface area (Å²) in [4.78, 5) is 18.8. The van der Waals surface area contributed by atoms with Crippen LogP contribution in [0.25, 0.3) is 0 Å². The van der Waals surface area contributed by atoms with E-state index in [2.05, 4.69) is 15.1 Å². The number of carbonyl (C=O) groups is 1. The van der Waals surface area contributed by atoms with Crippen LogP contribution in [0.3, 0.4) is 0 Å². The summed E-state index contributed by atoms with van der Waals surface area (Å²) in [6.45, 7) is 12.0. The van der Waals surface area contributed by atoms with E-state index in [1.165, 1.54) is 45.3 Å². The average molecular weight is 549 g/mol. The molecule has 1 saturated carbocycles. The first-order valence-corrected chi connectivity index (χ1v) is 15.6. The molecule has 1 unspecified atom stereocenters. The molecule has 214 valence electrons. The second-order valence-corrected chi connectivity index (χ2v) is 12.9. The van der Waals surface area contributed by atoms with E-state index in [0.29, 0.717) is 19.0 Å². The van der Waals surface area contributed by atoms with Crippen molar-refractivity contribution in [2.24, 2.45) is 5.92 Å². The van der Waals surface area contributed by atoms with Crippen molar-refractivity contribution >= 4 is 16.9 Å². The number of methoxy groups -OCH3 is 1. The zero-order valence-electron chi connectivity index (χ0n) is 23.9. The molecular weight excluding hydrogens is 500 g/mol. The molecule has 0 aromatic heterocycles. The number of nitrogens with one attached hydrogen (secondary N) is 1. The topological polar surface area (TPSA) is 74.4 Å². The third-order valence-corrected chi connectivity index (χ3v) is 10.4. The molecule has 1 aliphatic carbocycles. The lowest BCUT2D eigenvalue weighted by Crippen LogP contribution is -2.48. The molecule has 1 aromatic carbocycles. The van der Waals surface area contributed by atoms with Crippen LogP contribution in [0, 0.1) is 19.8 Å². The van der Waals surface area contributed by atoms with Gasteiger partial charge in [-0.2, -0.15) is 0 Å². The van der Waals surface area contributed by atoms with Gasteiger partial charge in [0.15, 0.2) is 0 Å². The van der Waals surface area contributed by atoms with Gasteiger partial charge < -0.3 is 19.7 Å². The first-order valence-electron chi connectivity index (χ1n) is 14.5. The summed E-state index contributed by atoms with van der Waals surface area (Å²) < 4.78 is 25.7. The second-order valence-electron chi connectivity index (χ2n) is 11.4. The number of piperidine rings is 1. The fourth-order valence-electron chi connectivity index (χ4n) is 6.34. The van der Waals surface area contributed by atoms with Gasteiger partial charge in [-0.3, -0.25) is 9.69 Å². The fraction of sp³-hybridized carbons (Fsp3) is 0.759. The van der Waals surface area contributed by atoms with E-state index in [1.54, 1.807) is 11.4 Å². The summed E-state index contributed by atoms with van der Waals surface area (Å²) in [5.74, 6) is 1.65. The van der Waals surface area contributed by atoms with Crippen molar-refractivity contribution in [2.45, 2.75) is 75.8 Å². The number of nitrogens with zero attached hydrogens (tertiary/aromatic N) is 3. The van der Waals surface area contributed by atoms with E-state index in [1.807, 2.05) is 33.0 Å². The lowest BCUT2D eigenvalue weighted by Gasteiger charge is -2.42. The van der Waals surface area contributed by atoms with Crippen molar-refractivity contribution < 1.29 is 18.5 Å². The molecule has 1 atom stereocenters. The lowest BCUT2D eigenvalue weighted by molar-refractivity contribution is -0.122. The van der Waals surface area contributed by atoms with Crippen LogP contribution < -0.4 is 10.1 Å². The van der Waals surface area contributed by atoms with Crippen LogP contribution in [0.15, 0.2) is 17.0 Å². The number of morpholine rings is 1. The van der Waals surface area contributed by atoms with Gasteiger partial charge in [-0.05, 0) is 94.6 Å². The number of rotatable bonds is 10. The van der Waals surface area contributed by atoms with Gasteiger partial charge in [0.05, 0.1) is 25.2 Å². The van der Waals surface area contributed by atoms with Crippen molar-refractivity contribution in [1.29, 1.82) is 0 Å². The molecule has 1 amide bonds. The Morgan fingerprint density at radius 1 is 1.05 bits per heavy atom. The fourth-order valence-corrected chi connectivity index (χ4v) is 7.57. The average Bonchev–Trinajstić information content (AvgIpc) is 2.92. The molecule has 2 heterocycles. The molecule has 9 heteroatoms. The van der Waals surface area contributed by atoms with Gasteiger partial charge in [0, 0.05) is 51.7 Å². The highest BCUT2D eigenvalue weighted by molar-refractivity contribution is 7.82. The van der Waals surface area contributed by atoms with Crippen molar-refractivity contribution in [3.05, 3.63) is 23.3 Å². The van der Waals surface area contributed by atoms with Gasteiger partial charge in [0.1, 0.15) is 16.7 Å². The van der Waals surface area contributed by atoms with Gasteiger partial charge in [-0.25, -0.2) is 8.51 Å². The van der Waals surface area contributed by atoms with Crippen LogP contribution in [0.1, 0.15) is 56.1 Å². The second kappa shape index (κ2) is 14.2. The molecule has 2 aliphatic heterocycles. The highest BCUT2D eigenvalue weighted by Crippen LogP contribution is 2.28. The quantitative estimate of drug-likeness (QED) is 0.484. The molecule has 3 aliphatic rings. The Labute approximate surface area is 232 Å². The van der Waals surface area contributed by atoms with Crippen molar-refractivity contribution in [1.82, 2.24) is 19.4 Å². The number of hydrogen-bond acceptors (Lipinski definition) is 6. The number of carbonyl (C=O) groups excluding carboxylic acids is 1. The minimum atomic E-state index is -1.31. The van der Waals surface area contributed by atoms with Crippen LogP contribution in [0.2, 0.25) is 0 Å². The molecule has 0 bridgehead atoms. The van der Waals surface area contributed by atoms with E-state index >= 15 is 0 Å². The molecule has 38 heavy (non-hydrogen) atoms. The lowest BCUT2D eigenvalue weighted by atomic mass is 9.87. The summed E-state index contributed by atoms with van der Waals surface area (Å²) in [5, 5.41) is 3.25. The van der Waals surface area contributed by atoms with Gasteiger partial charge in [-0.1, -0.05) is 0 Å². The zero-order valence-corrected chi connectivity index (χ0v) is 24.7. The van der Waals surface area contributed by atoms with Crippen molar-refractivity contribution in [3.8, 4) is 5.75 Å². The van der Waals surface area contributed by atoms with Crippen LogP contribution in [0.4, 0.5) is 0 Å². The molecule has 0 radical (unpaired) electrons. The Balaban J connectivity index is 1.14. The molecule has 1 aromatic rings. The maximum Gasteiger partial charge on any atom is 0.221 e. The van der Waals surface area contributed by atoms with Gasteiger partial charge in [0.2, 0.25) is 5.91 Å². The van der Waals surface area contributed by atoms with Crippen molar-refractivity contribution in [3.63, 3.8) is 0 Å². The smallest absolute Gasteiger partial charge is 0.221 e. The number of amides is 1. The summed E-state index contributed by atoms with van der Waals surface area (Å²) in [5.41, 5.74) is 1.88. The maximum absolute atomic E-state index is 13.1. The van der Waals surface area contributed by atoms with E-state index in [0.717, 1.165) is 66.8 Å². The number of aryl methyl sites for hydroxylation is 2. The van der Waals surface area contributed by atoms with E-state index < -0.39 is 11.0 Å². The van der Waals surface area contributed by atoms with Gasteiger partial charge >= 0.3 is 0 Å². The van der Waals surface area contributed by atoms with Crippen LogP contribution in [-0.4, -0.2) is 103 Å². The molecule has 3 fully saturated rings. The number of hydrogen-bond donors (Lipinski definition) is 1. The first kappa shape index (κ1) is 29.5. The highest BCUT2D eigenvalue weighted by atomic mass is 32.2. The largest absolute Gasteiger partial charge is 0.497 e. The minimum Gasteiger partial charge on any atom is -0.497 e.